The minimum absolute atomic E-state index is 0.372. The number of hydrogen-bond donors (Lipinski definition) is 2. The van der Waals surface area contributed by atoms with Crippen molar-refractivity contribution in [3.05, 3.63) is 62.5 Å². The Morgan fingerprint density at radius 1 is 1.26 bits per heavy atom. The number of carboxylic acids is 1. The quantitative estimate of drug-likeness (QED) is 0.464. The maximum absolute atomic E-state index is 13.5. The zero-order chi connectivity index (χ0) is 20.5. The molecule has 0 aromatic heterocycles. The molecule has 1 aliphatic heterocycles. The molecule has 11 heteroatoms. The number of ether oxygens (including phenoxy) is 1. The standard InChI is InChI=1S/C16H13F3N2O6/c1-7-10(14(22)23)11(8-5-3-4-6-9(8)21(25)26)12(15(24)27-2)13(20-7)16(17,18)19/h3-6,11,20H,1-2H3,(H,22,23). The summed E-state index contributed by atoms with van der Waals surface area (Å²) in [6, 6.07) is 4.67. The maximum atomic E-state index is 13.5. The van der Waals surface area contributed by atoms with Crippen LogP contribution in [0, 0.1) is 10.1 Å². The van der Waals surface area contributed by atoms with E-state index in [0.29, 0.717) is 0 Å². The van der Waals surface area contributed by atoms with Crippen LogP contribution in [0.1, 0.15) is 18.4 Å². The minimum Gasteiger partial charge on any atom is -0.478 e. The topological polar surface area (TPSA) is 119 Å². The molecule has 27 heavy (non-hydrogen) atoms. The molecule has 0 saturated carbocycles. The third-order valence-electron chi connectivity index (χ3n) is 3.93. The molecule has 1 aliphatic rings. The van der Waals surface area contributed by atoms with Gasteiger partial charge in [-0.2, -0.15) is 13.2 Å². The lowest BCUT2D eigenvalue weighted by Crippen LogP contribution is -2.38. The fourth-order valence-electron chi connectivity index (χ4n) is 2.87. The first kappa shape index (κ1) is 19.9. The molecule has 0 spiro atoms. The summed E-state index contributed by atoms with van der Waals surface area (Å²) in [7, 11) is 0.825. The normalized spacial score (nSPS) is 17.4. The van der Waals surface area contributed by atoms with Crippen molar-refractivity contribution in [3.63, 3.8) is 0 Å². The van der Waals surface area contributed by atoms with Crippen molar-refractivity contribution in [2.45, 2.75) is 19.0 Å². The summed E-state index contributed by atoms with van der Waals surface area (Å²) in [6.07, 6.45) is -5.06. The predicted molar refractivity (Wildman–Crippen MR) is 84.4 cm³/mol. The second kappa shape index (κ2) is 7.09. The molecule has 0 radical (unpaired) electrons. The number of dihydropyridines is 1. The van der Waals surface area contributed by atoms with Crippen LogP contribution >= 0.6 is 0 Å². The van der Waals surface area contributed by atoms with Crippen molar-refractivity contribution in [1.82, 2.24) is 5.32 Å². The van der Waals surface area contributed by atoms with Gasteiger partial charge in [-0.3, -0.25) is 10.1 Å². The van der Waals surface area contributed by atoms with Gasteiger partial charge < -0.3 is 15.2 Å². The largest absolute Gasteiger partial charge is 0.478 e. The number of nitrogens with zero attached hydrogens (tertiary/aromatic N) is 1. The molecule has 0 aliphatic carbocycles. The Morgan fingerprint density at radius 3 is 2.33 bits per heavy atom. The number of hydrogen-bond acceptors (Lipinski definition) is 6. The lowest BCUT2D eigenvalue weighted by Gasteiger charge is -2.31. The van der Waals surface area contributed by atoms with E-state index in [0.717, 1.165) is 26.2 Å². The first-order valence-corrected chi connectivity index (χ1v) is 7.34. The summed E-state index contributed by atoms with van der Waals surface area (Å²) >= 11 is 0. The van der Waals surface area contributed by atoms with E-state index in [1.165, 1.54) is 12.1 Å². The van der Waals surface area contributed by atoms with Crippen LogP contribution in [0.5, 0.6) is 0 Å². The summed E-state index contributed by atoms with van der Waals surface area (Å²) in [5.74, 6) is -4.94. The highest BCUT2D eigenvalue weighted by atomic mass is 19.4. The highest BCUT2D eigenvalue weighted by Crippen LogP contribution is 2.45. The number of methoxy groups -OCH3 is 1. The molecule has 1 atom stereocenters. The van der Waals surface area contributed by atoms with Crippen molar-refractivity contribution in [3.8, 4) is 0 Å². The van der Waals surface area contributed by atoms with E-state index in [-0.39, 0.29) is 5.56 Å². The molecule has 1 aromatic rings. The molecule has 8 nitrogen and oxygen atoms in total. The zero-order valence-corrected chi connectivity index (χ0v) is 14.0. The lowest BCUT2D eigenvalue weighted by atomic mass is 9.79. The third-order valence-corrected chi connectivity index (χ3v) is 3.93. The highest BCUT2D eigenvalue weighted by molar-refractivity contribution is 5.99. The molecule has 1 heterocycles. The van der Waals surface area contributed by atoms with Gasteiger partial charge in [0.05, 0.1) is 29.1 Å². The number of nitrogens with one attached hydrogen (secondary N) is 1. The number of aliphatic carboxylic acids is 1. The van der Waals surface area contributed by atoms with Crippen molar-refractivity contribution < 1.29 is 37.5 Å². The van der Waals surface area contributed by atoms with Crippen LogP contribution in [0.4, 0.5) is 18.9 Å². The average Bonchev–Trinajstić information content (AvgIpc) is 2.58. The number of para-hydroxylation sites is 1. The van der Waals surface area contributed by atoms with Gasteiger partial charge in [0.15, 0.2) is 0 Å². The highest BCUT2D eigenvalue weighted by Gasteiger charge is 2.48. The second-order valence-electron chi connectivity index (χ2n) is 5.50. The van der Waals surface area contributed by atoms with Crippen LogP contribution in [0.15, 0.2) is 46.8 Å². The minimum atomic E-state index is -5.06. The number of carbonyl (C=O) groups is 2. The van der Waals surface area contributed by atoms with Crippen molar-refractivity contribution >= 4 is 17.6 Å². The Hall–Kier alpha value is -3.37. The molecular weight excluding hydrogens is 373 g/mol. The van der Waals surface area contributed by atoms with E-state index in [2.05, 4.69) is 4.74 Å². The summed E-state index contributed by atoms with van der Waals surface area (Å²) in [5, 5.41) is 22.7. The first-order chi connectivity index (χ1) is 12.5. The number of alkyl halides is 3. The first-order valence-electron chi connectivity index (χ1n) is 7.34. The fraction of sp³-hybridized carbons (Fsp3) is 0.250. The van der Waals surface area contributed by atoms with Crippen LogP contribution in [0.3, 0.4) is 0 Å². The van der Waals surface area contributed by atoms with Crippen LogP contribution in [-0.2, 0) is 14.3 Å². The number of halogens is 3. The molecule has 1 aromatic carbocycles. The van der Waals surface area contributed by atoms with Gasteiger partial charge in [-0.1, -0.05) is 18.2 Å². The van der Waals surface area contributed by atoms with E-state index >= 15 is 0 Å². The summed E-state index contributed by atoms with van der Waals surface area (Å²) < 4.78 is 44.9. The predicted octanol–water partition coefficient (Wildman–Crippen LogP) is 2.63. The summed E-state index contributed by atoms with van der Waals surface area (Å²) in [4.78, 5) is 34.3. The Morgan fingerprint density at radius 2 is 1.85 bits per heavy atom. The number of rotatable bonds is 4. The van der Waals surface area contributed by atoms with Crippen molar-refractivity contribution in [2.75, 3.05) is 7.11 Å². The molecule has 2 N–H and O–H groups in total. The molecule has 2 rings (SSSR count). The zero-order valence-electron chi connectivity index (χ0n) is 14.0. The molecule has 144 valence electrons. The van der Waals surface area contributed by atoms with Gasteiger partial charge in [-0.25, -0.2) is 9.59 Å². The monoisotopic (exact) mass is 386 g/mol. The smallest absolute Gasteiger partial charge is 0.431 e. The van der Waals surface area contributed by atoms with Crippen LogP contribution < -0.4 is 5.32 Å². The Bertz CT molecular complexity index is 888. The van der Waals surface area contributed by atoms with Gasteiger partial charge in [0.1, 0.15) is 5.70 Å². The number of esters is 1. The number of allylic oxidation sites excluding steroid dienone is 2. The molecule has 0 amide bonds. The van der Waals surface area contributed by atoms with Crippen molar-refractivity contribution in [2.24, 2.45) is 0 Å². The van der Waals surface area contributed by atoms with Gasteiger partial charge in [0.2, 0.25) is 0 Å². The van der Waals surface area contributed by atoms with Gasteiger partial charge in [-0.05, 0) is 6.92 Å². The van der Waals surface area contributed by atoms with E-state index in [1.807, 2.05) is 5.32 Å². The average molecular weight is 386 g/mol. The summed E-state index contributed by atoms with van der Waals surface area (Å²) in [6.45, 7) is 1.07. The maximum Gasteiger partial charge on any atom is 0.431 e. The number of carboxylic acid groups (broad SMARTS) is 1. The van der Waals surface area contributed by atoms with Gasteiger partial charge >= 0.3 is 18.1 Å². The van der Waals surface area contributed by atoms with E-state index in [1.54, 1.807) is 0 Å². The summed E-state index contributed by atoms with van der Waals surface area (Å²) in [5.41, 5.74) is -4.62. The number of carbonyl (C=O) groups excluding carboxylic acids is 1. The number of benzene rings is 1. The molecule has 0 saturated heterocycles. The Balaban J connectivity index is 2.93. The number of nitro groups is 1. The van der Waals surface area contributed by atoms with E-state index in [4.69, 9.17) is 0 Å². The Labute approximate surface area is 150 Å². The second-order valence-corrected chi connectivity index (χ2v) is 5.50. The van der Waals surface area contributed by atoms with Gasteiger partial charge in [0.25, 0.3) is 5.69 Å². The Kier molecular flexibility index (Phi) is 5.24. The van der Waals surface area contributed by atoms with Gasteiger partial charge in [0, 0.05) is 17.3 Å². The van der Waals surface area contributed by atoms with Crippen LogP contribution in [0.25, 0.3) is 0 Å². The number of nitro benzene ring substituents is 1. The molecular formula is C16H13F3N2O6. The van der Waals surface area contributed by atoms with Crippen LogP contribution in [-0.4, -0.2) is 35.3 Å². The van der Waals surface area contributed by atoms with Crippen LogP contribution in [0.2, 0.25) is 0 Å². The lowest BCUT2D eigenvalue weighted by molar-refractivity contribution is -0.385. The molecule has 0 fully saturated rings. The third kappa shape index (κ3) is 3.61. The van der Waals surface area contributed by atoms with Gasteiger partial charge in [-0.15, -0.1) is 0 Å². The van der Waals surface area contributed by atoms with E-state index < -0.39 is 57.2 Å². The SMILES string of the molecule is COC(=O)C1=C(C(F)(F)F)NC(C)=C(C(=O)O)C1c1ccccc1[N+](=O)[O-]. The molecule has 1 unspecified atom stereocenters. The van der Waals surface area contributed by atoms with Crippen molar-refractivity contribution in [1.29, 1.82) is 0 Å². The molecule has 0 bridgehead atoms. The van der Waals surface area contributed by atoms with E-state index in [9.17, 15) is 38.0 Å². The fourth-order valence-corrected chi connectivity index (χ4v) is 2.87.